The van der Waals surface area contributed by atoms with E-state index in [9.17, 15) is 0 Å². The second kappa shape index (κ2) is 4.49. The van der Waals surface area contributed by atoms with Gasteiger partial charge in [-0.25, -0.2) is 4.68 Å². The standard InChI is InChI=1S/C12H11N7O/c1-2-4-14-9(3-1)11-15-12(20-17-11)10-7-19(18-16-10)8-5-13-6-8/h1-4,7-8,13H,5-6H2. The Morgan fingerprint density at radius 1 is 1.25 bits per heavy atom. The molecule has 0 radical (unpaired) electrons. The van der Waals surface area contributed by atoms with Crippen LogP contribution in [0, 0.1) is 0 Å². The lowest BCUT2D eigenvalue weighted by Crippen LogP contribution is -2.43. The molecule has 1 aliphatic heterocycles. The van der Waals surface area contributed by atoms with Crippen LogP contribution in [0.3, 0.4) is 0 Å². The molecule has 8 heteroatoms. The molecular weight excluding hydrogens is 258 g/mol. The van der Waals surface area contributed by atoms with Crippen molar-refractivity contribution < 1.29 is 4.52 Å². The lowest BCUT2D eigenvalue weighted by atomic mass is 10.2. The van der Waals surface area contributed by atoms with Crippen molar-refractivity contribution in [2.45, 2.75) is 6.04 Å². The zero-order valence-electron chi connectivity index (χ0n) is 10.5. The van der Waals surface area contributed by atoms with Gasteiger partial charge < -0.3 is 9.84 Å². The molecule has 4 rings (SSSR count). The Labute approximate surface area is 113 Å². The smallest absolute Gasteiger partial charge is 0.280 e. The molecule has 0 atom stereocenters. The Kier molecular flexibility index (Phi) is 2.52. The highest BCUT2D eigenvalue weighted by atomic mass is 16.5. The van der Waals surface area contributed by atoms with Gasteiger partial charge in [-0.3, -0.25) is 4.98 Å². The van der Waals surface area contributed by atoms with Crippen molar-refractivity contribution in [1.82, 2.24) is 35.4 Å². The van der Waals surface area contributed by atoms with Crippen LogP contribution in [0.25, 0.3) is 23.1 Å². The fourth-order valence-corrected chi connectivity index (χ4v) is 1.94. The van der Waals surface area contributed by atoms with E-state index in [-0.39, 0.29) is 0 Å². The van der Waals surface area contributed by atoms with Crippen molar-refractivity contribution in [2.75, 3.05) is 13.1 Å². The maximum absolute atomic E-state index is 5.22. The third-order valence-corrected chi connectivity index (χ3v) is 3.18. The molecule has 1 fully saturated rings. The zero-order chi connectivity index (χ0) is 13.4. The number of hydrogen-bond acceptors (Lipinski definition) is 7. The Bertz CT molecular complexity index is 716. The minimum atomic E-state index is 0.351. The molecule has 1 aliphatic rings. The van der Waals surface area contributed by atoms with Crippen LogP contribution < -0.4 is 5.32 Å². The van der Waals surface area contributed by atoms with Gasteiger partial charge in [0.25, 0.3) is 5.89 Å². The van der Waals surface area contributed by atoms with E-state index in [1.807, 2.05) is 29.1 Å². The Morgan fingerprint density at radius 2 is 2.20 bits per heavy atom. The van der Waals surface area contributed by atoms with E-state index in [0.29, 0.717) is 29.1 Å². The van der Waals surface area contributed by atoms with Crippen molar-refractivity contribution in [2.24, 2.45) is 0 Å². The summed E-state index contributed by atoms with van der Waals surface area (Å²) in [5.74, 6) is 0.796. The second-order valence-electron chi connectivity index (χ2n) is 4.53. The molecule has 100 valence electrons. The summed E-state index contributed by atoms with van der Waals surface area (Å²) in [5, 5.41) is 15.2. The van der Waals surface area contributed by atoms with E-state index in [4.69, 9.17) is 4.52 Å². The van der Waals surface area contributed by atoms with Crippen molar-refractivity contribution in [3.05, 3.63) is 30.6 Å². The summed E-state index contributed by atoms with van der Waals surface area (Å²) in [6, 6.07) is 5.89. The van der Waals surface area contributed by atoms with Crippen LogP contribution in [0.2, 0.25) is 0 Å². The van der Waals surface area contributed by atoms with Gasteiger partial charge in [0.2, 0.25) is 5.82 Å². The number of pyridine rings is 1. The van der Waals surface area contributed by atoms with E-state index in [0.717, 1.165) is 13.1 Å². The predicted octanol–water partition coefficient (Wildman–Crippen LogP) is 0.534. The first-order chi connectivity index (χ1) is 9.90. The summed E-state index contributed by atoms with van der Waals surface area (Å²) in [4.78, 5) is 8.47. The van der Waals surface area contributed by atoms with Gasteiger partial charge in [0.05, 0.1) is 12.2 Å². The normalized spacial score (nSPS) is 15.2. The van der Waals surface area contributed by atoms with Crippen molar-refractivity contribution in [3.63, 3.8) is 0 Å². The topological polar surface area (TPSA) is 94.6 Å². The van der Waals surface area contributed by atoms with Crippen molar-refractivity contribution in [1.29, 1.82) is 0 Å². The maximum Gasteiger partial charge on any atom is 0.280 e. The lowest BCUT2D eigenvalue weighted by Gasteiger charge is -2.26. The van der Waals surface area contributed by atoms with Crippen LogP contribution >= 0.6 is 0 Å². The molecule has 0 unspecified atom stereocenters. The zero-order valence-corrected chi connectivity index (χ0v) is 10.5. The van der Waals surface area contributed by atoms with Gasteiger partial charge in [0.1, 0.15) is 5.69 Å². The van der Waals surface area contributed by atoms with Gasteiger partial charge in [-0.2, -0.15) is 4.98 Å². The SMILES string of the molecule is c1ccc(-c2noc(-c3cn(C4CNC4)nn3)n2)nc1. The number of aromatic nitrogens is 6. The first kappa shape index (κ1) is 11.2. The predicted molar refractivity (Wildman–Crippen MR) is 68.5 cm³/mol. The van der Waals surface area contributed by atoms with E-state index >= 15 is 0 Å². The summed E-state index contributed by atoms with van der Waals surface area (Å²) >= 11 is 0. The van der Waals surface area contributed by atoms with Crippen LogP contribution in [0.1, 0.15) is 6.04 Å². The van der Waals surface area contributed by atoms with Gasteiger partial charge in [0.15, 0.2) is 5.69 Å². The maximum atomic E-state index is 5.22. The Balaban J connectivity index is 1.63. The molecule has 0 amide bonds. The largest absolute Gasteiger partial charge is 0.332 e. The summed E-state index contributed by atoms with van der Waals surface area (Å²) < 4.78 is 7.03. The van der Waals surface area contributed by atoms with E-state index in [1.54, 1.807) is 6.20 Å². The van der Waals surface area contributed by atoms with Crippen LogP contribution in [0.4, 0.5) is 0 Å². The molecule has 3 aromatic heterocycles. The fourth-order valence-electron chi connectivity index (χ4n) is 1.94. The number of nitrogens with one attached hydrogen (secondary N) is 1. The summed E-state index contributed by atoms with van der Waals surface area (Å²) in [6.45, 7) is 1.82. The average molecular weight is 269 g/mol. The van der Waals surface area contributed by atoms with Crippen LogP contribution in [-0.4, -0.2) is 43.2 Å². The van der Waals surface area contributed by atoms with Crippen LogP contribution in [-0.2, 0) is 0 Å². The first-order valence-corrected chi connectivity index (χ1v) is 6.28. The lowest BCUT2D eigenvalue weighted by molar-refractivity contribution is 0.313. The molecule has 8 nitrogen and oxygen atoms in total. The molecule has 0 aliphatic carbocycles. The monoisotopic (exact) mass is 269 g/mol. The second-order valence-corrected chi connectivity index (χ2v) is 4.53. The highest BCUT2D eigenvalue weighted by Crippen LogP contribution is 2.20. The average Bonchev–Trinajstić information content (AvgIpc) is 3.06. The Morgan fingerprint density at radius 3 is 2.95 bits per heavy atom. The van der Waals surface area contributed by atoms with E-state index in [1.165, 1.54) is 0 Å². The minimum Gasteiger partial charge on any atom is -0.332 e. The number of hydrogen-bond donors (Lipinski definition) is 1. The van der Waals surface area contributed by atoms with Gasteiger partial charge in [0, 0.05) is 19.3 Å². The first-order valence-electron chi connectivity index (χ1n) is 6.28. The summed E-state index contributed by atoms with van der Waals surface area (Å²) in [5.41, 5.74) is 1.24. The molecule has 0 saturated carbocycles. The molecule has 0 bridgehead atoms. The molecule has 4 heterocycles. The van der Waals surface area contributed by atoms with Crippen LogP contribution in [0.15, 0.2) is 35.1 Å². The van der Waals surface area contributed by atoms with Gasteiger partial charge >= 0.3 is 0 Å². The molecule has 0 aromatic carbocycles. The number of nitrogens with zero attached hydrogens (tertiary/aromatic N) is 6. The summed E-state index contributed by atoms with van der Waals surface area (Å²) in [7, 11) is 0. The van der Waals surface area contributed by atoms with Gasteiger partial charge in [-0.1, -0.05) is 16.4 Å². The van der Waals surface area contributed by atoms with Crippen molar-refractivity contribution in [3.8, 4) is 23.1 Å². The highest BCUT2D eigenvalue weighted by molar-refractivity contribution is 5.52. The van der Waals surface area contributed by atoms with E-state index < -0.39 is 0 Å². The fraction of sp³-hybridized carbons (Fsp3) is 0.250. The highest BCUT2D eigenvalue weighted by Gasteiger charge is 2.22. The van der Waals surface area contributed by atoms with Gasteiger partial charge in [-0.15, -0.1) is 5.10 Å². The van der Waals surface area contributed by atoms with Crippen LogP contribution in [0.5, 0.6) is 0 Å². The van der Waals surface area contributed by atoms with Crippen molar-refractivity contribution >= 4 is 0 Å². The third-order valence-electron chi connectivity index (χ3n) is 3.18. The molecule has 0 spiro atoms. The molecule has 1 saturated heterocycles. The Hall–Kier alpha value is -2.61. The quantitative estimate of drug-likeness (QED) is 0.741. The molecular formula is C12H11N7O. The summed E-state index contributed by atoms with van der Waals surface area (Å²) in [6.07, 6.45) is 3.51. The van der Waals surface area contributed by atoms with Gasteiger partial charge in [-0.05, 0) is 12.1 Å². The minimum absolute atomic E-state index is 0.351. The molecule has 3 aromatic rings. The number of rotatable bonds is 3. The van der Waals surface area contributed by atoms with E-state index in [2.05, 4.69) is 30.8 Å². The third kappa shape index (κ3) is 1.86. The molecule has 1 N–H and O–H groups in total. The molecule has 20 heavy (non-hydrogen) atoms.